The summed E-state index contributed by atoms with van der Waals surface area (Å²) in [4.78, 5) is 16.0. The van der Waals surface area contributed by atoms with E-state index in [-0.39, 0.29) is 16.3 Å². The molecule has 8 aromatic rings. The highest BCUT2D eigenvalue weighted by molar-refractivity contribution is 7.25. The molecule has 6 aromatic carbocycles. The van der Waals surface area contributed by atoms with Gasteiger partial charge >= 0.3 is 0 Å². The lowest BCUT2D eigenvalue weighted by atomic mass is 9.73. The van der Waals surface area contributed by atoms with Gasteiger partial charge < -0.3 is 9.32 Å². The number of thiophene rings is 1. The monoisotopic (exact) mass is 641 g/mol. The van der Waals surface area contributed by atoms with Crippen LogP contribution in [0, 0.1) is 0 Å². The number of fused-ring (bicyclic) bond motifs is 7. The van der Waals surface area contributed by atoms with Crippen LogP contribution in [0.1, 0.15) is 51.3 Å². The minimum absolute atomic E-state index is 0.0112. The number of hydrogen-bond acceptors (Lipinski definition) is 4. The molecule has 0 N–H and O–H groups in total. The Hall–Kier alpha value is -5.19. The molecule has 48 heavy (non-hydrogen) atoms. The van der Waals surface area contributed by atoms with Crippen molar-refractivity contribution in [3.8, 4) is 11.1 Å². The Bertz CT molecular complexity index is 2650. The van der Waals surface area contributed by atoms with Crippen LogP contribution in [-0.4, -0.2) is 0 Å². The standard InChI is InChI=1S/C44H35NO2S/c1-43(2,3)28-17-21-38-33(23-28)42(46)31-20-16-27(22-39(31)47-38)26-14-18-29(19-15-26)45-36-12-8-7-11-34(36)44(4,5)35-25-41-32(24-37(35)45)30-10-6-9-13-40(30)48-41/h6-25H,1-5H3. The first-order valence-corrected chi connectivity index (χ1v) is 17.4. The van der Waals surface area contributed by atoms with Gasteiger partial charge in [0.15, 0.2) is 0 Å². The number of rotatable bonds is 2. The summed E-state index contributed by atoms with van der Waals surface area (Å²) in [5, 5.41) is 3.83. The van der Waals surface area contributed by atoms with Crippen LogP contribution >= 0.6 is 11.3 Å². The maximum absolute atomic E-state index is 13.6. The summed E-state index contributed by atoms with van der Waals surface area (Å²) >= 11 is 1.87. The van der Waals surface area contributed by atoms with Crippen molar-refractivity contribution < 1.29 is 4.42 Å². The van der Waals surface area contributed by atoms with Crippen LogP contribution < -0.4 is 10.3 Å². The summed E-state index contributed by atoms with van der Waals surface area (Å²) in [5.41, 5.74) is 10.4. The molecule has 1 aliphatic rings. The van der Waals surface area contributed by atoms with E-state index in [9.17, 15) is 4.79 Å². The molecule has 0 atom stereocenters. The van der Waals surface area contributed by atoms with Gasteiger partial charge in [0.25, 0.3) is 0 Å². The number of anilines is 3. The molecule has 9 rings (SSSR count). The van der Waals surface area contributed by atoms with Gasteiger partial charge in [0.1, 0.15) is 11.2 Å². The highest BCUT2D eigenvalue weighted by atomic mass is 32.1. The second-order valence-electron chi connectivity index (χ2n) is 14.6. The lowest BCUT2D eigenvalue weighted by Gasteiger charge is -2.42. The maximum Gasteiger partial charge on any atom is 0.200 e. The van der Waals surface area contributed by atoms with Gasteiger partial charge in [-0.15, -0.1) is 11.3 Å². The van der Waals surface area contributed by atoms with Gasteiger partial charge in [0, 0.05) is 31.3 Å². The zero-order valence-corrected chi connectivity index (χ0v) is 28.5. The second-order valence-corrected chi connectivity index (χ2v) is 15.7. The van der Waals surface area contributed by atoms with Crippen molar-refractivity contribution in [1.82, 2.24) is 0 Å². The van der Waals surface area contributed by atoms with E-state index in [2.05, 4.69) is 131 Å². The van der Waals surface area contributed by atoms with Crippen LogP contribution in [0.5, 0.6) is 0 Å². The van der Waals surface area contributed by atoms with Crippen LogP contribution in [-0.2, 0) is 10.8 Å². The summed E-state index contributed by atoms with van der Waals surface area (Å²) in [6, 6.07) is 43.0. The Morgan fingerprint density at radius 2 is 1.35 bits per heavy atom. The Balaban J connectivity index is 1.16. The molecule has 3 heterocycles. The molecule has 0 bridgehead atoms. The first kappa shape index (κ1) is 29.0. The van der Waals surface area contributed by atoms with Crippen molar-refractivity contribution in [3.63, 3.8) is 0 Å². The van der Waals surface area contributed by atoms with E-state index in [0.717, 1.165) is 22.4 Å². The first-order chi connectivity index (χ1) is 23.1. The number of benzene rings is 6. The van der Waals surface area contributed by atoms with E-state index in [0.29, 0.717) is 21.9 Å². The number of nitrogens with zero attached hydrogens (tertiary/aromatic N) is 1. The molecular weight excluding hydrogens is 607 g/mol. The van der Waals surface area contributed by atoms with Crippen LogP contribution in [0.25, 0.3) is 53.2 Å². The Morgan fingerprint density at radius 3 is 2.17 bits per heavy atom. The quantitative estimate of drug-likeness (QED) is 0.176. The van der Waals surface area contributed by atoms with Crippen molar-refractivity contribution in [1.29, 1.82) is 0 Å². The molecule has 0 saturated heterocycles. The molecule has 0 radical (unpaired) electrons. The predicted molar refractivity (Wildman–Crippen MR) is 204 cm³/mol. The van der Waals surface area contributed by atoms with E-state index in [1.807, 2.05) is 41.7 Å². The lowest BCUT2D eigenvalue weighted by molar-refractivity contribution is 0.590. The van der Waals surface area contributed by atoms with Crippen molar-refractivity contribution in [2.45, 2.75) is 45.4 Å². The average molecular weight is 642 g/mol. The molecule has 0 fully saturated rings. The van der Waals surface area contributed by atoms with Crippen LogP contribution in [0.15, 0.2) is 131 Å². The summed E-state index contributed by atoms with van der Waals surface area (Å²) in [6.45, 7) is 11.1. The highest BCUT2D eigenvalue weighted by Gasteiger charge is 2.37. The number of para-hydroxylation sites is 1. The molecule has 234 valence electrons. The molecule has 0 aliphatic carbocycles. The third-order valence-electron chi connectivity index (χ3n) is 10.2. The fourth-order valence-corrected chi connectivity index (χ4v) is 8.63. The predicted octanol–water partition coefficient (Wildman–Crippen LogP) is 12.4. The molecule has 1 aliphatic heterocycles. The molecule has 0 unspecified atom stereocenters. The summed E-state index contributed by atoms with van der Waals surface area (Å²) < 4.78 is 8.96. The minimum atomic E-state index is -0.153. The molecule has 4 heteroatoms. The SMILES string of the molecule is CC(C)(C)c1ccc2oc3cc(-c4ccc(N5c6ccccc6C(C)(C)c6cc7sc8ccccc8c7cc65)cc4)ccc3c(=O)c2c1. The topological polar surface area (TPSA) is 33.5 Å². The maximum atomic E-state index is 13.6. The van der Waals surface area contributed by atoms with Crippen molar-refractivity contribution in [3.05, 3.63) is 148 Å². The zero-order chi connectivity index (χ0) is 32.9. The molecule has 0 saturated carbocycles. The van der Waals surface area contributed by atoms with Crippen LogP contribution in [0.4, 0.5) is 17.1 Å². The molecule has 0 spiro atoms. The summed E-state index contributed by atoms with van der Waals surface area (Å²) in [7, 11) is 0. The van der Waals surface area contributed by atoms with Crippen molar-refractivity contribution in [2.24, 2.45) is 0 Å². The molecule has 3 nitrogen and oxygen atoms in total. The molecular formula is C44H35NO2S. The Morgan fingerprint density at radius 1 is 0.604 bits per heavy atom. The van der Waals surface area contributed by atoms with E-state index in [1.54, 1.807) is 0 Å². The smallest absolute Gasteiger partial charge is 0.200 e. The van der Waals surface area contributed by atoms with Gasteiger partial charge in [-0.3, -0.25) is 4.79 Å². The number of hydrogen-bond donors (Lipinski definition) is 0. The van der Waals surface area contributed by atoms with Crippen molar-refractivity contribution in [2.75, 3.05) is 4.90 Å². The van der Waals surface area contributed by atoms with Gasteiger partial charge in [-0.1, -0.05) is 95.3 Å². The van der Waals surface area contributed by atoms with Gasteiger partial charge in [-0.05, 0) is 93.9 Å². The third-order valence-corrected chi connectivity index (χ3v) is 11.4. The van der Waals surface area contributed by atoms with Gasteiger partial charge in [0.05, 0.1) is 22.1 Å². The Kier molecular flexibility index (Phi) is 6.13. The van der Waals surface area contributed by atoms with Gasteiger partial charge in [0.2, 0.25) is 5.43 Å². The fourth-order valence-electron chi connectivity index (χ4n) is 7.50. The van der Waals surface area contributed by atoms with Crippen molar-refractivity contribution >= 4 is 70.5 Å². The van der Waals surface area contributed by atoms with Crippen LogP contribution in [0.2, 0.25) is 0 Å². The van der Waals surface area contributed by atoms with E-state index in [1.165, 1.54) is 42.7 Å². The molecule has 2 aromatic heterocycles. The van der Waals surface area contributed by atoms with Gasteiger partial charge in [-0.2, -0.15) is 0 Å². The van der Waals surface area contributed by atoms with Gasteiger partial charge in [-0.25, -0.2) is 0 Å². The largest absolute Gasteiger partial charge is 0.456 e. The van der Waals surface area contributed by atoms with Crippen LogP contribution in [0.3, 0.4) is 0 Å². The Labute approximate surface area is 283 Å². The first-order valence-electron chi connectivity index (χ1n) is 16.5. The normalized spacial score (nSPS) is 14.1. The van der Waals surface area contributed by atoms with E-state index >= 15 is 0 Å². The summed E-state index contributed by atoms with van der Waals surface area (Å²) in [6.07, 6.45) is 0. The average Bonchev–Trinajstić information content (AvgIpc) is 3.45. The lowest BCUT2D eigenvalue weighted by Crippen LogP contribution is -2.30. The minimum Gasteiger partial charge on any atom is -0.456 e. The third kappa shape index (κ3) is 4.29. The fraction of sp³-hybridized carbons (Fsp3) is 0.159. The summed E-state index contributed by atoms with van der Waals surface area (Å²) in [5.74, 6) is 0. The molecule has 0 amide bonds. The zero-order valence-electron chi connectivity index (χ0n) is 27.7. The highest BCUT2D eigenvalue weighted by Crippen LogP contribution is 2.54. The van der Waals surface area contributed by atoms with E-state index < -0.39 is 0 Å². The second kappa shape index (κ2) is 10.2. The van der Waals surface area contributed by atoms with E-state index in [4.69, 9.17) is 4.42 Å².